The Hall–Kier alpha value is -1.91. The molecule has 1 aromatic carbocycles. The minimum absolute atomic E-state index is 0.00565. The van der Waals surface area contributed by atoms with Crippen LogP contribution in [0, 0.1) is 17.7 Å². The van der Waals surface area contributed by atoms with E-state index in [0.29, 0.717) is 6.54 Å². The number of carbonyl (C=O) groups is 2. The van der Waals surface area contributed by atoms with Gasteiger partial charge in [0, 0.05) is 32.1 Å². The van der Waals surface area contributed by atoms with E-state index in [-0.39, 0.29) is 35.4 Å². The van der Waals surface area contributed by atoms with Crippen molar-refractivity contribution in [1.82, 2.24) is 9.80 Å². The van der Waals surface area contributed by atoms with Crippen LogP contribution in [0.4, 0.5) is 4.39 Å². The smallest absolute Gasteiger partial charge is 0.227 e. The highest BCUT2D eigenvalue weighted by Gasteiger charge is 2.46. The van der Waals surface area contributed by atoms with Crippen LogP contribution in [0.2, 0.25) is 0 Å². The third kappa shape index (κ3) is 3.42. The molecule has 1 saturated carbocycles. The number of benzene rings is 1. The lowest BCUT2D eigenvalue weighted by molar-refractivity contribution is -0.140. The van der Waals surface area contributed by atoms with Gasteiger partial charge >= 0.3 is 0 Å². The molecule has 3 fully saturated rings. The number of nitrogens with zero attached hydrogens (tertiary/aromatic N) is 2. The molecule has 4 rings (SSSR count). The average Bonchev–Trinajstić information content (AvgIpc) is 3.25. The predicted molar refractivity (Wildman–Crippen MR) is 92.4 cm³/mol. The highest BCUT2D eigenvalue weighted by atomic mass is 19.1. The first-order valence-corrected chi connectivity index (χ1v) is 9.46. The van der Waals surface area contributed by atoms with Crippen molar-refractivity contribution in [2.45, 2.75) is 38.0 Å². The molecule has 4 nitrogen and oxygen atoms in total. The van der Waals surface area contributed by atoms with Crippen molar-refractivity contribution in [2.75, 3.05) is 26.2 Å². The Labute approximate surface area is 148 Å². The number of likely N-dealkylation sites (tertiary alicyclic amines) is 2. The summed E-state index contributed by atoms with van der Waals surface area (Å²) < 4.78 is 13.1. The maximum Gasteiger partial charge on any atom is 0.227 e. The van der Waals surface area contributed by atoms with Crippen molar-refractivity contribution in [1.29, 1.82) is 0 Å². The molecule has 2 amide bonds. The summed E-state index contributed by atoms with van der Waals surface area (Å²) in [7, 11) is 0. The lowest BCUT2D eigenvalue weighted by atomic mass is 9.96. The molecule has 0 N–H and O–H groups in total. The van der Waals surface area contributed by atoms with E-state index in [0.717, 1.165) is 57.3 Å². The van der Waals surface area contributed by atoms with E-state index in [1.165, 1.54) is 12.1 Å². The maximum atomic E-state index is 13.1. The number of carbonyl (C=O) groups excluding carboxylic acids is 2. The molecule has 0 spiro atoms. The lowest BCUT2D eigenvalue weighted by Gasteiger charge is -2.34. The SMILES string of the molecule is O=C(C1CCCN(C(=O)C2CC2c2ccc(F)cc2)C1)N1CCCC1. The second-order valence-corrected chi connectivity index (χ2v) is 7.66. The van der Waals surface area contributed by atoms with Gasteiger partial charge in [0.05, 0.1) is 5.92 Å². The Morgan fingerprint density at radius 2 is 1.60 bits per heavy atom. The molecule has 2 heterocycles. The maximum absolute atomic E-state index is 13.1. The van der Waals surface area contributed by atoms with Crippen LogP contribution in [0.3, 0.4) is 0 Å². The lowest BCUT2D eigenvalue weighted by Crippen LogP contribution is -2.46. The van der Waals surface area contributed by atoms with Crippen molar-refractivity contribution in [2.24, 2.45) is 11.8 Å². The van der Waals surface area contributed by atoms with E-state index < -0.39 is 0 Å². The second-order valence-electron chi connectivity index (χ2n) is 7.66. The second kappa shape index (κ2) is 6.77. The Kier molecular flexibility index (Phi) is 4.48. The molecule has 2 saturated heterocycles. The van der Waals surface area contributed by atoms with Crippen LogP contribution >= 0.6 is 0 Å². The molecular weight excluding hydrogens is 319 g/mol. The van der Waals surface area contributed by atoms with Crippen molar-refractivity contribution in [3.63, 3.8) is 0 Å². The molecule has 0 bridgehead atoms. The predicted octanol–water partition coefficient (Wildman–Crippen LogP) is 2.79. The zero-order valence-electron chi connectivity index (χ0n) is 14.5. The highest BCUT2D eigenvalue weighted by molar-refractivity contribution is 5.85. The third-order valence-electron chi connectivity index (χ3n) is 5.91. The van der Waals surface area contributed by atoms with Crippen LogP contribution in [0.1, 0.15) is 43.6 Å². The first kappa shape index (κ1) is 16.6. The van der Waals surface area contributed by atoms with E-state index in [4.69, 9.17) is 0 Å². The normalized spacial score (nSPS) is 28.9. The van der Waals surface area contributed by atoms with Gasteiger partial charge in [0.15, 0.2) is 0 Å². The van der Waals surface area contributed by atoms with Gasteiger partial charge in [-0.15, -0.1) is 0 Å². The minimum Gasteiger partial charge on any atom is -0.342 e. The minimum atomic E-state index is -0.244. The number of piperidine rings is 1. The van der Waals surface area contributed by atoms with Gasteiger partial charge in [-0.2, -0.15) is 0 Å². The molecule has 2 aliphatic heterocycles. The molecule has 134 valence electrons. The van der Waals surface area contributed by atoms with Crippen LogP contribution in [0.25, 0.3) is 0 Å². The van der Waals surface area contributed by atoms with Gasteiger partial charge < -0.3 is 9.80 Å². The topological polar surface area (TPSA) is 40.6 Å². The van der Waals surface area contributed by atoms with Crippen LogP contribution in [-0.2, 0) is 9.59 Å². The zero-order chi connectivity index (χ0) is 17.4. The van der Waals surface area contributed by atoms with E-state index in [2.05, 4.69) is 0 Å². The molecule has 1 aliphatic carbocycles. The molecular formula is C20H25FN2O2. The standard InChI is InChI=1S/C20H25FN2O2/c21-16-7-5-14(6-8-16)17-12-18(17)20(25)23-11-3-4-15(13-23)19(24)22-9-1-2-10-22/h5-8,15,17-18H,1-4,9-13H2. The van der Waals surface area contributed by atoms with Crippen molar-refractivity contribution in [3.8, 4) is 0 Å². The largest absolute Gasteiger partial charge is 0.342 e. The van der Waals surface area contributed by atoms with E-state index in [1.54, 1.807) is 12.1 Å². The van der Waals surface area contributed by atoms with Gasteiger partial charge in [0.1, 0.15) is 5.82 Å². The fraction of sp³-hybridized carbons (Fsp3) is 0.600. The van der Waals surface area contributed by atoms with E-state index in [1.807, 2.05) is 9.80 Å². The van der Waals surface area contributed by atoms with Gasteiger partial charge in [-0.25, -0.2) is 4.39 Å². The Morgan fingerprint density at radius 1 is 0.920 bits per heavy atom. The third-order valence-corrected chi connectivity index (χ3v) is 5.91. The fourth-order valence-electron chi connectivity index (χ4n) is 4.36. The summed E-state index contributed by atoms with van der Waals surface area (Å²) in [6.45, 7) is 3.08. The van der Waals surface area contributed by atoms with Gasteiger partial charge in [-0.05, 0) is 55.7 Å². The monoisotopic (exact) mass is 344 g/mol. The number of amides is 2. The highest BCUT2D eigenvalue weighted by Crippen LogP contribution is 2.48. The Balaban J connectivity index is 1.36. The zero-order valence-corrected chi connectivity index (χ0v) is 14.5. The first-order chi connectivity index (χ1) is 12.1. The summed E-state index contributed by atoms with van der Waals surface area (Å²) in [6.07, 6.45) is 4.84. The molecule has 1 aromatic rings. The summed E-state index contributed by atoms with van der Waals surface area (Å²) in [6, 6.07) is 6.48. The fourth-order valence-corrected chi connectivity index (χ4v) is 4.36. The Morgan fingerprint density at radius 3 is 2.32 bits per heavy atom. The number of halogens is 1. The van der Waals surface area contributed by atoms with Gasteiger partial charge in [-0.1, -0.05) is 12.1 Å². The summed E-state index contributed by atoms with van der Waals surface area (Å²) in [5.74, 6) is 0.355. The van der Waals surface area contributed by atoms with Crippen molar-refractivity contribution >= 4 is 11.8 Å². The van der Waals surface area contributed by atoms with Crippen LogP contribution < -0.4 is 0 Å². The summed E-state index contributed by atoms with van der Waals surface area (Å²) in [4.78, 5) is 29.3. The molecule has 3 aliphatic rings. The number of hydrogen-bond donors (Lipinski definition) is 0. The van der Waals surface area contributed by atoms with Gasteiger partial charge in [0.25, 0.3) is 0 Å². The van der Waals surface area contributed by atoms with E-state index >= 15 is 0 Å². The van der Waals surface area contributed by atoms with Crippen molar-refractivity contribution in [3.05, 3.63) is 35.6 Å². The molecule has 5 heteroatoms. The Bertz CT molecular complexity index is 654. The average molecular weight is 344 g/mol. The van der Waals surface area contributed by atoms with Crippen LogP contribution in [0.15, 0.2) is 24.3 Å². The van der Waals surface area contributed by atoms with E-state index in [9.17, 15) is 14.0 Å². The number of rotatable bonds is 3. The molecule has 0 radical (unpaired) electrons. The van der Waals surface area contributed by atoms with Crippen LogP contribution in [-0.4, -0.2) is 47.8 Å². The first-order valence-electron chi connectivity index (χ1n) is 9.46. The number of hydrogen-bond acceptors (Lipinski definition) is 2. The molecule has 3 unspecified atom stereocenters. The summed E-state index contributed by atoms with van der Waals surface area (Å²) in [5.41, 5.74) is 1.04. The van der Waals surface area contributed by atoms with Gasteiger partial charge in [-0.3, -0.25) is 9.59 Å². The van der Waals surface area contributed by atoms with Crippen LogP contribution in [0.5, 0.6) is 0 Å². The summed E-state index contributed by atoms with van der Waals surface area (Å²) >= 11 is 0. The van der Waals surface area contributed by atoms with Crippen molar-refractivity contribution < 1.29 is 14.0 Å². The quantitative estimate of drug-likeness (QED) is 0.846. The molecule has 0 aromatic heterocycles. The summed E-state index contributed by atoms with van der Waals surface area (Å²) in [5, 5.41) is 0. The molecule has 3 atom stereocenters. The molecule has 25 heavy (non-hydrogen) atoms. The van der Waals surface area contributed by atoms with Gasteiger partial charge in [0.2, 0.25) is 11.8 Å².